The van der Waals surface area contributed by atoms with Gasteiger partial charge in [-0.3, -0.25) is 4.55 Å². The number of rotatable bonds is 3. The van der Waals surface area contributed by atoms with Gasteiger partial charge in [0.05, 0.1) is 11.2 Å². The molecule has 0 heterocycles. The van der Waals surface area contributed by atoms with E-state index < -0.39 is 20.1 Å². The predicted octanol–water partition coefficient (Wildman–Crippen LogP) is -0.106. The van der Waals surface area contributed by atoms with Crippen molar-refractivity contribution in [1.82, 2.24) is 0 Å². The summed E-state index contributed by atoms with van der Waals surface area (Å²) >= 11 is 0. The molecule has 0 atom stereocenters. The van der Waals surface area contributed by atoms with Gasteiger partial charge in [0.2, 0.25) is 10.0 Å². The normalized spacial score (nSPS) is 13.1. The van der Waals surface area contributed by atoms with Gasteiger partial charge in [0.25, 0.3) is 10.1 Å². The second-order valence-corrected chi connectivity index (χ2v) is 6.33. The minimum atomic E-state index is -4.33. The molecule has 0 aliphatic rings. The van der Waals surface area contributed by atoms with Crippen LogP contribution in [0.15, 0.2) is 27.5 Å². The van der Waals surface area contributed by atoms with E-state index >= 15 is 0 Å². The van der Waals surface area contributed by atoms with Gasteiger partial charge >= 0.3 is 0 Å². The van der Waals surface area contributed by atoms with Crippen LogP contribution in [0, 0.1) is 0 Å². The third kappa shape index (κ3) is 4.13. The van der Waals surface area contributed by atoms with Gasteiger partial charge in [-0.15, -0.1) is 0 Å². The number of nitrogen functional groups attached to an aromatic ring is 1. The van der Waals surface area contributed by atoms with E-state index in [-0.39, 0.29) is 16.1 Å². The van der Waals surface area contributed by atoms with Crippen LogP contribution in [0.1, 0.15) is 5.56 Å². The van der Waals surface area contributed by atoms with E-state index in [1.165, 1.54) is 6.07 Å². The van der Waals surface area contributed by atoms with Crippen molar-refractivity contribution in [1.29, 1.82) is 0 Å². The van der Waals surface area contributed by atoms with Crippen LogP contribution in [-0.4, -0.2) is 33.9 Å². The molecule has 0 aromatic heterocycles. The highest BCUT2D eigenvalue weighted by Crippen LogP contribution is 2.16. The predicted molar refractivity (Wildman–Crippen MR) is 63.1 cm³/mol. The Morgan fingerprint density at radius 1 is 1.29 bits per heavy atom. The van der Waals surface area contributed by atoms with Crippen LogP contribution in [0.2, 0.25) is 0 Å². The second kappa shape index (κ2) is 4.43. The molecular formula is C8H10N2O5S2. The maximum atomic E-state index is 10.8. The summed E-state index contributed by atoms with van der Waals surface area (Å²) in [6, 6.07) is 3.35. The average molecular weight is 278 g/mol. The fraction of sp³-hybridized carbons (Fsp3) is 0.125. The van der Waals surface area contributed by atoms with Crippen LogP contribution in [0.4, 0.5) is 5.69 Å². The van der Waals surface area contributed by atoms with E-state index in [0.717, 1.165) is 24.6 Å². The summed E-state index contributed by atoms with van der Waals surface area (Å²) in [5.41, 5.74) is 5.72. The van der Waals surface area contributed by atoms with Crippen LogP contribution in [0.3, 0.4) is 0 Å². The van der Waals surface area contributed by atoms with E-state index in [0.29, 0.717) is 0 Å². The number of hydrogen-bond acceptors (Lipinski definition) is 5. The summed E-state index contributed by atoms with van der Waals surface area (Å²) in [4.78, 5) is -0.369. The van der Waals surface area contributed by atoms with E-state index in [2.05, 4.69) is 4.40 Å². The van der Waals surface area contributed by atoms with Crippen molar-refractivity contribution in [2.45, 2.75) is 4.90 Å². The van der Waals surface area contributed by atoms with Crippen LogP contribution >= 0.6 is 0 Å². The third-order valence-corrected chi connectivity index (χ3v) is 3.08. The van der Waals surface area contributed by atoms with Gasteiger partial charge in [-0.1, -0.05) is 0 Å². The molecule has 0 saturated carbocycles. The van der Waals surface area contributed by atoms with Crippen LogP contribution < -0.4 is 5.73 Å². The molecule has 1 rings (SSSR count). The lowest BCUT2D eigenvalue weighted by molar-refractivity contribution is 0.483. The lowest BCUT2D eigenvalue weighted by Gasteiger charge is -2.02. The molecule has 7 nitrogen and oxygen atoms in total. The topological polar surface area (TPSA) is 127 Å². The Bertz CT molecular complexity index is 661. The summed E-state index contributed by atoms with van der Waals surface area (Å²) in [6.07, 6.45) is 1.91. The Labute approximate surface area is 98.8 Å². The zero-order chi connectivity index (χ0) is 13.3. The summed E-state index contributed by atoms with van der Waals surface area (Å²) in [5, 5.41) is 0. The van der Waals surface area contributed by atoms with Crippen molar-refractivity contribution in [2.24, 2.45) is 4.40 Å². The monoisotopic (exact) mass is 278 g/mol. The molecule has 1 aromatic carbocycles. The molecule has 17 heavy (non-hydrogen) atoms. The Morgan fingerprint density at radius 2 is 1.88 bits per heavy atom. The molecule has 0 aliphatic carbocycles. The Hall–Kier alpha value is -1.45. The molecular weight excluding hydrogens is 268 g/mol. The number of hydrogen-bond donors (Lipinski definition) is 2. The Morgan fingerprint density at radius 3 is 2.29 bits per heavy atom. The van der Waals surface area contributed by atoms with E-state index in [1.54, 1.807) is 0 Å². The average Bonchev–Trinajstić information content (AvgIpc) is 2.12. The van der Waals surface area contributed by atoms with Crippen molar-refractivity contribution in [3.63, 3.8) is 0 Å². The van der Waals surface area contributed by atoms with Gasteiger partial charge in [-0.25, -0.2) is 8.42 Å². The van der Waals surface area contributed by atoms with Crippen LogP contribution in [-0.2, 0) is 20.1 Å². The molecule has 0 bridgehead atoms. The largest absolute Gasteiger partial charge is 0.398 e. The molecule has 0 unspecified atom stereocenters. The first-order valence-electron chi connectivity index (χ1n) is 4.22. The maximum Gasteiger partial charge on any atom is 0.294 e. The summed E-state index contributed by atoms with van der Waals surface area (Å²) in [7, 11) is -7.86. The van der Waals surface area contributed by atoms with E-state index in [4.69, 9.17) is 10.3 Å². The SMILES string of the molecule is CS(=O)(=O)/N=C/c1ccc(S(=O)(=O)O)cc1N. The van der Waals surface area contributed by atoms with Gasteiger partial charge in [-0.2, -0.15) is 12.8 Å². The number of nitrogens with zero attached hydrogens (tertiary/aromatic N) is 1. The highest BCUT2D eigenvalue weighted by molar-refractivity contribution is 7.89. The first-order valence-corrected chi connectivity index (χ1v) is 7.51. The van der Waals surface area contributed by atoms with E-state index in [1.807, 2.05) is 0 Å². The van der Waals surface area contributed by atoms with Crippen LogP contribution in [0.5, 0.6) is 0 Å². The highest BCUT2D eigenvalue weighted by atomic mass is 32.2. The number of benzene rings is 1. The van der Waals surface area contributed by atoms with Crippen molar-refractivity contribution < 1.29 is 21.4 Å². The number of anilines is 1. The fourth-order valence-electron chi connectivity index (χ4n) is 0.983. The highest BCUT2D eigenvalue weighted by Gasteiger charge is 2.10. The minimum Gasteiger partial charge on any atom is -0.398 e. The Kier molecular flexibility index (Phi) is 3.55. The van der Waals surface area contributed by atoms with Crippen molar-refractivity contribution >= 4 is 32.0 Å². The van der Waals surface area contributed by atoms with Crippen molar-refractivity contribution in [2.75, 3.05) is 12.0 Å². The molecule has 9 heteroatoms. The molecule has 94 valence electrons. The minimum absolute atomic E-state index is 0.00692. The lowest BCUT2D eigenvalue weighted by atomic mass is 10.2. The van der Waals surface area contributed by atoms with E-state index in [9.17, 15) is 16.8 Å². The maximum absolute atomic E-state index is 10.8. The first kappa shape index (κ1) is 13.6. The smallest absolute Gasteiger partial charge is 0.294 e. The molecule has 3 N–H and O–H groups in total. The van der Waals surface area contributed by atoms with Gasteiger partial charge in [0, 0.05) is 17.5 Å². The van der Waals surface area contributed by atoms with Gasteiger partial charge in [-0.05, 0) is 18.2 Å². The molecule has 0 fully saturated rings. The lowest BCUT2D eigenvalue weighted by Crippen LogP contribution is -2.02. The molecule has 0 saturated heterocycles. The molecule has 0 aliphatic heterocycles. The first-order chi connectivity index (χ1) is 7.59. The standard InChI is InChI=1S/C8H10N2O5S2/c1-16(11,12)10-5-6-2-3-7(4-8(6)9)17(13,14)15/h2-5H,9H2,1H3,(H,13,14,15)/b10-5+. The van der Waals surface area contributed by atoms with Crippen molar-refractivity contribution in [3.05, 3.63) is 23.8 Å². The molecule has 1 aromatic rings. The summed E-state index contributed by atoms with van der Waals surface area (Å²) in [6.45, 7) is 0. The zero-order valence-corrected chi connectivity index (χ0v) is 10.4. The van der Waals surface area contributed by atoms with Gasteiger partial charge < -0.3 is 5.73 Å². The zero-order valence-electron chi connectivity index (χ0n) is 8.73. The molecule has 0 spiro atoms. The summed E-state index contributed by atoms with van der Waals surface area (Å²) < 4.78 is 55.1. The molecule has 0 radical (unpaired) electrons. The number of sulfonamides is 1. The summed E-state index contributed by atoms with van der Waals surface area (Å²) in [5.74, 6) is 0. The Balaban J connectivity index is 3.21. The fourth-order valence-corrected chi connectivity index (χ4v) is 1.80. The van der Waals surface area contributed by atoms with Crippen LogP contribution in [0.25, 0.3) is 0 Å². The quantitative estimate of drug-likeness (QED) is 0.451. The second-order valence-electron chi connectivity index (χ2n) is 3.23. The van der Waals surface area contributed by atoms with Gasteiger partial charge in [0.15, 0.2) is 0 Å². The van der Waals surface area contributed by atoms with Gasteiger partial charge in [0.1, 0.15) is 0 Å². The number of nitrogens with two attached hydrogens (primary N) is 1. The van der Waals surface area contributed by atoms with Crippen molar-refractivity contribution in [3.8, 4) is 0 Å². The third-order valence-electron chi connectivity index (χ3n) is 1.74. The molecule has 0 amide bonds.